The molecule has 6 nitrogen and oxygen atoms in total. The zero-order valence-electron chi connectivity index (χ0n) is 15.5. The Bertz CT molecular complexity index is 733. The van der Waals surface area contributed by atoms with Crippen LogP contribution in [0.25, 0.3) is 0 Å². The van der Waals surface area contributed by atoms with Crippen LogP contribution in [0.15, 0.2) is 41.7 Å². The lowest BCUT2D eigenvalue weighted by Crippen LogP contribution is -2.49. The van der Waals surface area contributed by atoms with Crippen LogP contribution in [0.3, 0.4) is 0 Å². The number of hydrogen-bond donors (Lipinski definition) is 2. The van der Waals surface area contributed by atoms with Crippen molar-refractivity contribution in [1.29, 1.82) is 0 Å². The number of aliphatic imine (C=N–C) groups is 1. The standard InChI is InChI=1S/C19H27FN6/c1-15-13-23-26(14-15)11-8-22-19(21-2)24-17-6-9-25(10-7-17)18-5-3-4-16(20)12-18/h3-5,12-14,17H,6-11H2,1-2H3,(H2,21,22,24). The summed E-state index contributed by atoms with van der Waals surface area (Å²) in [4.78, 5) is 6.54. The number of halogens is 1. The number of nitrogens with one attached hydrogen (secondary N) is 2. The summed E-state index contributed by atoms with van der Waals surface area (Å²) in [6.07, 6.45) is 5.88. The monoisotopic (exact) mass is 358 g/mol. The summed E-state index contributed by atoms with van der Waals surface area (Å²) in [7, 11) is 1.79. The van der Waals surface area contributed by atoms with Crippen molar-refractivity contribution in [3.8, 4) is 0 Å². The highest BCUT2D eigenvalue weighted by molar-refractivity contribution is 5.79. The average Bonchev–Trinajstić information content (AvgIpc) is 3.06. The predicted molar refractivity (Wildman–Crippen MR) is 103 cm³/mol. The summed E-state index contributed by atoms with van der Waals surface area (Å²) in [5, 5.41) is 11.1. The van der Waals surface area contributed by atoms with Crippen molar-refractivity contribution in [3.63, 3.8) is 0 Å². The third-order valence-electron chi connectivity index (χ3n) is 4.63. The van der Waals surface area contributed by atoms with Gasteiger partial charge in [0.2, 0.25) is 0 Å². The molecule has 3 rings (SSSR count). The second-order valence-electron chi connectivity index (χ2n) is 6.67. The molecule has 1 aliphatic heterocycles. The third kappa shape index (κ3) is 4.97. The highest BCUT2D eigenvalue weighted by Crippen LogP contribution is 2.20. The summed E-state index contributed by atoms with van der Waals surface area (Å²) in [6, 6.07) is 7.19. The molecule has 1 fully saturated rings. The van der Waals surface area contributed by atoms with Gasteiger partial charge in [0, 0.05) is 44.6 Å². The lowest BCUT2D eigenvalue weighted by Gasteiger charge is -2.34. The number of nitrogens with zero attached hydrogens (tertiary/aromatic N) is 4. The van der Waals surface area contributed by atoms with Crippen molar-refractivity contribution >= 4 is 11.6 Å². The second kappa shape index (κ2) is 8.69. The molecule has 0 spiro atoms. The number of benzene rings is 1. The van der Waals surface area contributed by atoms with Gasteiger partial charge in [-0.05, 0) is 43.5 Å². The van der Waals surface area contributed by atoms with Gasteiger partial charge in [-0.25, -0.2) is 4.39 Å². The summed E-state index contributed by atoms with van der Waals surface area (Å²) in [5.41, 5.74) is 2.12. The second-order valence-corrected chi connectivity index (χ2v) is 6.67. The highest BCUT2D eigenvalue weighted by Gasteiger charge is 2.20. The van der Waals surface area contributed by atoms with Crippen molar-refractivity contribution in [1.82, 2.24) is 20.4 Å². The molecule has 1 aromatic carbocycles. The van der Waals surface area contributed by atoms with E-state index in [0.29, 0.717) is 6.04 Å². The van der Waals surface area contributed by atoms with Gasteiger partial charge in [0.25, 0.3) is 0 Å². The molecule has 2 aromatic rings. The molecule has 0 atom stereocenters. The van der Waals surface area contributed by atoms with Crippen LogP contribution in [0.4, 0.5) is 10.1 Å². The fourth-order valence-corrected chi connectivity index (χ4v) is 3.22. The van der Waals surface area contributed by atoms with Crippen molar-refractivity contribution in [2.75, 3.05) is 31.6 Å². The van der Waals surface area contributed by atoms with Crippen LogP contribution < -0.4 is 15.5 Å². The molecule has 1 saturated heterocycles. The van der Waals surface area contributed by atoms with Crippen LogP contribution in [0.1, 0.15) is 18.4 Å². The molecule has 0 amide bonds. The zero-order chi connectivity index (χ0) is 18.4. The van der Waals surface area contributed by atoms with E-state index >= 15 is 0 Å². The van der Waals surface area contributed by atoms with E-state index in [0.717, 1.165) is 56.2 Å². The molecule has 0 unspecified atom stereocenters. The zero-order valence-corrected chi connectivity index (χ0v) is 15.5. The predicted octanol–water partition coefficient (Wildman–Crippen LogP) is 2.16. The molecule has 2 heterocycles. The van der Waals surface area contributed by atoms with Crippen molar-refractivity contribution < 1.29 is 4.39 Å². The molecular formula is C19H27FN6. The van der Waals surface area contributed by atoms with E-state index in [9.17, 15) is 4.39 Å². The first-order valence-electron chi connectivity index (χ1n) is 9.11. The lowest BCUT2D eigenvalue weighted by molar-refractivity contribution is 0.459. The molecule has 0 bridgehead atoms. The summed E-state index contributed by atoms with van der Waals surface area (Å²) < 4.78 is 15.3. The summed E-state index contributed by atoms with van der Waals surface area (Å²) >= 11 is 0. The number of aryl methyl sites for hydroxylation is 1. The van der Waals surface area contributed by atoms with Crippen molar-refractivity contribution in [3.05, 3.63) is 48.0 Å². The van der Waals surface area contributed by atoms with Gasteiger partial charge in [-0.1, -0.05) is 6.07 Å². The Kier molecular flexibility index (Phi) is 6.09. The summed E-state index contributed by atoms with van der Waals surface area (Å²) in [6.45, 7) is 5.42. The maximum atomic E-state index is 13.4. The maximum absolute atomic E-state index is 13.4. The third-order valence-corrected chi connectivity index (χ3v) is 4.63. The molecule has 26 heavy (non-hydrogen) atoms. The first-order valence-corrected chi connectivity index (χ1v) is 9.11. The molecule has 1 aliphatic rings. The fraction of sp³-hybridized carbons (Fsp3) is 0.474. The van der Waals surface area contributed by atoms with Gasteiger partial charge < -0.3 is 15.5 Å². The van der Waals surface area contributed by atoms with E-state index in [1.807, 2.05) is 30.1 Å². The number of hydrogen-bond acceptors (Lipinski definition) is 3. The minimum Gasteiger partial charge on any atom is -0.371 e. The Morgan fingerprint density at radius 3 is 2.81 bits per heavy atom. The Morgan fingerprint density at radius 2 is 2.15 bits per heavy atom. The average molecular weight is 358 g/mol. The van der Waals surface area contributed by atoms with Gasteiger partial charge in [0.05, 0.1) is 12.7 Å². The summed E-state index contributed by atoms with van der Waals surface area (Å²) in [5.74, 6) is 0.637. The first kappa shape index (κ1) is 18.2. The minimum atomic E-state index is -0.181. The first-order chi connectivity index (χ1) is 12.6. The van der Waals surface area contributed by atoms with Gasteiger partial charge in [0.15, 0.2) is 5.96 Å². The van der Waals surface area contributed by atoms with Crippen molar-refractivity contribution in [2.24, 2.45) is 4.99 Å². The molecule has 0 aliphatic carbocycles. The number of anilines is 1. The Balaban J connectivity index is 1.42. The highest BCUT2D eigenvalue weighted by atomic mass is 19.1. The molecule has 1 aromatic heterocycles. The smallest absolute Gasteiger partial charge is 0.191 e. The van der Waals surface area contributed by atoms with Crippen LogP contribution in [-0.4, -0.2) is 48.5 Å². The van der Waals surface area contributed by atoms with E-state index in [4.69, 9.17) is 0 Å². The van der Waals surface area contributed by atoms with E-state index in [1.54, 1.807) is 19.2 Å². The van der Waals surface area contributed by atoms with Gasteiger partial charge in [0.1, 0.15) is 5.82 Å². The van der Waals surface area contributed by atoms with E-state index < -0.39 is 0 Å². The van der Waals surface area contributed by atoms with Gasteiger partial charge in [-0.3, -0.25) is 9.67 Å². The number of rotatable bonds is 5. The van der Waals surface area contributed by atoms with Crippen LogP contribution in [0.5, 0.6) is 0 Å². The van der Waals surface area contributed by atoms with Crippen LogP contribution in [0.2, 0.25) is 0 Å². The number of piperidine rings is 1. The maximum Gasteiger partial charge on any atom is 0.191 e. The SMILES string of the molecule is CN=C(NCCn1cc(C)cn1)NC1CCN(c2cccc(F)c2)CC1. The van der Waals surface area contributed by atoms with Crippen LogP contribution in [0, 0.1) is 12.7 Å². The Hall–Kier alpha value is -2.57. The molecular weight excluding hydrogens is 331 g/mol. The molecule has 0 saturated carbocycles. The lowest BCUT2D eigenvalue weighted by atomic mass is 10.0. The normalized spacial score (nSPS) is 16.0. The molecule has 2 N–H and O–H groups in total. The molecule has 140 valence electrons. The van der Waals surface area contributed by atoms with E-state index in [1.165, 1.54) is 6.07 Å². The van der Waals surface area contributed by atoms with E-state index in [2.05, 4.69) is 25.6 Å². The van der Waals surface area contributed by atoms with Gasteiger partial charge in [-0.15, -0.1) is 0 Å². The minimum absolute atomic E-state index is 0.181. The van der Waals surface area contributed by atoms with Crippen LogP contribution in [-0.2, 0) is 6.54 Å². The topological polar surface area (TPSA) is 57.5 Å². The Labute approximate surface area is 154 Å². The molecule has 0 radical (unpaired) electrons. The van der Waals surface area contributed by atoms with Crippen LogP contribution >= 0.6 is 0 Å². The Morgan fingerprint density at radius 1 is 1.35 bits per heavy atom. The number of guanidine groups is 1. The van der Waals surface area contributed by atoms with Gasteiger partial charge >= 0.3 is 0 Å². The van der Waals surface area contributed by atoms with Gasteiger partial charge in [-0.2, -0.15) is 5.10 Å². The van der Waals surface area contributed by atoms with E-state index in [-0.39, 0.29) is 5.82 Å². The largest absolute Gasteiger partial charge is 0.371 e. The van der Waals surface area contributed by atoms with Crippen molar-refractivity contribution in [2.45, 2.75) is 32.4 Å². The number of aromatic nitrogens is 2. The fourth-order valence-electron chi connectivity index (χ4n) is 3.22. The molecule has 7 heteroatoms. The quantitative estimate of drug-likeness (QED) is 0.635.